The summed E-state index contributed by atoms with van der Waals surface area (Å²) in [7, 11) is 0. The maximum atomic E-state index is 12.4. The largest absolute Gasteiger partial charge is 0.443 e. The summed E-state index contributed by atoms with van der Waals surface area (Å²) in [5.41, 5.74) is 0.100. The van der Waals surface area contributed by atoms with Gasteiger partial charge in [0.15, 0.2) is 0 Å². The van der Waals surface area contributed by atoms with E-state index in [-0.39, 0.29) is 29.4 Å². The maximum Gasteiger partial charge on any atom is 0.411 e. The molecule has 1 N–H and O–H groups in total. The second-order valence-electron chi connectivity index (χ2n) is 5.42. The Morgan fingerprint density at radius 2 is 2.08 bits per heavy atom. The fourth-order valence-electron chi connectivity index (χ4n) is 2.25. The molecule has 1 amide bonds. The van der Waals surface area contributed by atoms with E-state index >= 15 is 0 Å². The van der Waals surface area contributed by atoms with Crippen molar-refractivity contribution in [3.8, 4) is 12.0 Å². The standard InChI is InChI=1S/C16H16F3N3O3/c1-10(8-24-9-16(17,18)19)21-14(23)13-11(2)25-15(12(13)7-20)22-5-3-4-6-22/h3-6,10H,8-9H2,1-2H3,(H,21,23). The van der Waals surface area contributed by atoms with Gasteiger partial charge in [0.25, 0.3) is 5.91 Å². The third-order valence-corrected chi connectivity index (χ3v) is 3.25. The lowest BCUT2D eigenvalue weighted by Gasteiger charge is -2.15. The van der Waals surface area contributed by atoms with Gasteiger partial charge in [0.05, 0.1) is 6.61 Å². The molecule has 0 aliphatic rings. The molecule has 1 unspecified atom stereocenters. The van der Waals surface area contributed by atoms with Crippen LogP contribution in [-0.2, 0) is 4.74 Å². The van der Waals surface area contributed by atoms with Crippen molar-refractivity contribution < 1.29 is 27.1 Å². The summed E-state index contributed by atoms with van der Waals surface area (Å²) in [4.78, 5) is 12.4. The number of rotatable bonds is 6. The van der Waals surface area contributed by atoms with Gasteiger partial charge in [-0.1, -0.05) is 0 Å². The first kappa shape index (κ1) is 18.6. The van der Waals surface area contributed by atoms with Crippen LogP contribution in [0.5, 0.6) is 0 Å². The van der Waals surface area contributed by atoms with Gasteiger partial charge in [-0.15, -0.1) is 0 Å². The minimum absolute atomic E-state index is 0.0499. The molecule has 2 heterocycles. The highest BCUT2D eigenvalue weighted by molar-refractivity contribution is 5.98. The average molecular weight is 355 g/mol. The summed E-state index contributed by atoms with van der Waals surface area (Å²) in [6.07, 6.45) is -1.10. The number of nitrogens with zero attached hydrogens (tertiary/aromatic N) is 2. The number of nitriles is 1. The Morgan fingerprint density at radius 1 is 1.44 bits per heavy atom. The third kappa shape index (κ3) is 4.64. The number of carbonyl (C=O) groups is 1. The Kier molecular flexibility index (Phi) is 5.54. The van der Waals surface area contributed by atoms with E-state index < -0.39 is 24.7 Å². The van der Waals surface area contributed by atoms with Crippen molar-refractivity contribution in [3.05, 3.63) is 41.4 Å². The average Bonchev–Trinajstić information content (AvgIpc) is 3.12. The van der Waals surface area contributed by atoms with Crippen LogP contribution >= 0.6 is 0 Å². The van der Waals surface area contributed by atoms with Gasteiger partial charge in [-0.3, -0.25) is 9.36 Å². The number of aromatic nitrogens is 1. The minimum Gasteiger partial charge on any atom is -0.443 e. The smallest absolute Gasteiger partial charge is 0.411 e. The quantitative estimate of drug-likeness (QED) is 0.864. The highest BCUT2D eigenvalue weighted by atomic mass is 19.4. The summed E-state index contributed by atoms with van der Waals surface area (Å²) in [5.74, 6) is -0.170. The fourth-order valence-corrected chi connectivity index (χ4v) is 2.25. The third-order valence-electron chi connectivity index (χ3n) is 3.25. The van der Waals surface area contributed by atoms with Crippen LogP contribution in [0.2, 0.25) is 0 Å². The number of amides is 1. The Balaban J connectivity index is 2.11. The predicted octanol–water partition coefficient (Wildman–Crippen LogP) is 2.95. The van der Waals surface area contributed by atoms with Gasteiger partial charge in [-0.2, -0.15) is 18.4 Å². The summed E-state index contributed by atoms with van der Waals surface area (Å²) in [5, 5.41) is 11.9. The van der Waals surface area contributed by atoms with Crippen LogP contribution in [0, 0.1) is 18.3 Å². The van der Waals surface area contributed by atoms with Crippen molar-refractivity contribution in [1.82, 2.24) is 9.88 Å². The molecule has 9 heteroatoms. The molecular formula is C16H16F3N3O3. The zero-order valence-corrected chi connectivity index (χ0v) is 13.6. The van der Waals surface area contributed by atoms with E-state index in [1.807, 2.05) is 6.07 Å². The lowest BCUT2D eigenvalue weighted by Crippen LogP contribution is -2.37. The molecule has 0 radical (unpaired) electrons. The van der Waals surface area contributed by atoms with Gasteiger partial charge in [0.2, 0.25) is 5.88 Å². The molecule has 2 aromatic rings. The van der Waals surface area contributed by atoms with Crippen molar-refractivity contribution in [2.45, 2.75) is 26.1 Å². The van der Waals surface area contributed by atoms with E-state index in [1.165, 1.54) is 13.8 Å². The highest BCUT2D eigenvalue weighted by Gasteiger charge is 2.28. The summed E-state index contributed by atoms with van der Waals surface area (Å²) < 4.78 is 47.8. The van der Waals surface area contributed by atoms with Crippen molar-refractivity contribution in [1.29, 1.82) is 5.26 Å². The van der Waals surface area contributed by atoms with E-state index in [2.05, 4.69) is 10.1 Å². The van der Waals surface area contributed by atoms with Crippen LogP contribution in [0.1, 0.15) is 28.6 Å². The molecule has 0 saturated carbocycles. The number of aryl methyl sites for hydroxylation is 1. The molecule has 2 aromatic heterocycles. The van der Waals surface area contributed by atoms with Crippen LogP contribution < -0.4 is 5.32 Å². The molecule has 0 spiro atoms. The molecule has 0 bridgehead atoms. The molecule has 0 saturated heterocycles. The number of ether oxygens (including phenoxy) is 1. The Labute approximate surface area is 141 Å². The first-order chi connectivity index (χ1) is 11.7. The van der Waals surface area contributed by atoms with Crippen molar-refractivity contribution in [2.24, 2.45) is 0 Å². The van der Waals surface area contributed by atoms with Crippen molar-refractivity contribution in [2.75, 3.05) is 13.2 Å². The zero-order valence-electron chi connectivity index (χ0n) is 13.6. The highest BCUT2D eigenvalue weighted by Crippen LogP contribution is 2.25. The summed E-state index contributed by atoms with van der Waals surface area (Å²) in [6.45, 7) is 1.34. The Morgan fingerprint density at radius 3 is 2.64 bits per heavy atom. The van der Waals surface area contributed by atoms with Crippen LogP contribution in [0.15, 0.2) is 28.9 Å². The lowest BCUT2D eigenvalue weighted by atomic mass is 10.1. The fraction of sp³-hybridized carbons (Fsp3) is 0.375. The van der Waals surface area contributed by atoms with E-state index in [0.29, 0.717) is 0 Å². The topological polar surface area (TPSA) is 80.2 Å². The zero-order chi connectivity index (χ0) is 18.6. The molecule has 0 aromatic carbocycles. The van der Waals surface area contributed by atoms with Crippen molar-refractivity contribution in [3.63, 3.8) is 0 Å². The van der Waals surface area contributed by atoms with Crippen LogP contribution in [0.25, 0.3) is 5.88 Å². The van der Waals surface area contributed by atoms with E-state index in [0.717, 1.165) is 0 Å². The first-order valence-corrected chi connectivity index (χ1v) is 7.35. The number of alkyl halides is 3. The van der Waals surface area contributed by atoms with Crippen LogP contribution in [0.3, 0.4) is 0 Å². The van der Waals surface area contributed by atoms with E-state index in [9.17, 15) is 23.2 Å². The minimum atomic E-state index is -4.43. The van der Waals surface area contributed by atoms with Crippen molar-refractivity contribution >= 4 is 5.91 Å². The normalized spacial score (nSPS) is 12.6. The van der Waals surface area contributed by atoms with Gasteiger partial charge >= 0.3 is 6.18 Å². The summed E-state index contributed by atoms with van der Waals surface area (Å²) >= 11 is 0. The van der Waals surface area contributed by atoms with Gasteiger partial charge in [-0.05, 0) is 26.0 Å². The van der Waals surface area contributed by atoms with E-state index in [1.54, 1.807) is 29.1 Å². The van der Waals surface area contributed by atoms with E-state index in [4.69, 9.17) is 4.42 Å². The molecular weight excluding hydrogens is 339 g/mol. The number of hydrogen-bond donors (Lipinski definition) is 1. The SMILES string of the molecule is Cc1oc(-n2cccc2)c(C#N)c1C(=O)NC(C)COCC(F)(F)F. The monoisotopic (exact) mass is 355 g/mol. The summed E-state index contributed by atoms with van der Waals surface area (Å²) in [6, 6.07) is 4.73. The predicted molar refractivity (Wildman–Crippen MR) is 81.3 cm³/mol. The Hall–Kier alpha value is -2.73. The van der Waals surface area contributed by atoms with Crippen LogP contribution in [-0.4, -0.2) is 35.9 Å². The lowest BCUT2D eigenvalue weighted by molar-refractivity contribution is -0.174. The molecule has 0 fully saturated rings. The second kappa shape index (κ2) is 7.44. The van der Waals surface area contributed by atoms with Crippen LogP contribution in [0.4, 0.5) is 13.2 Å². The molecule has 1 atom stereocenters. The molecule has 0 aliphatic carbocycles. The molecule has 0 aliphatic heterocycles. The van der Waals surface area contributed by atoms with Gasteiger partial charge in [0, 0.05) is 18.4 Å². The molecule has 134 valence electrons. The number of carbonyl (C=O) groups excluding carboxylic acids is 1. The van der Waals surface area contributed by atoms with Gasteiger partial charge < -0.3 is 14.5 Å². The number of hydrogen-bond acceptors (Lipinski definition) is 4. The number of halogens is 3. The number of nitrogens with one attached hydrogen (secondary N) is 1. The maximum absolute atomic E-state index is 12.4. The second-order valence-corrected chi connectivity index (χ2v) is 5.42. The van der Waals surface area contributed by atoms with Gasteiger partial charge in [-0.25, -0.2) is 0 Å². The van der Waals surface area contributed by atoms with Gasteiger partial charge in [0.1, 0.15) is 29.6 Å². The molecule has 2 rings (SSSR count). The molecule has 6 nitrogen and oxygen atoms in total. The Bertz CT molecular complexity index is 773. The molecule has 25 heavy (non-hydrogen) atoms. The number of furan rings is 1. The first-order valence-electron chi connectivity index (χ1n) is 7.35.